The second kappa shape index (κ2) is 23.9. The van der Waals surface area contributed by atoms with Gasteiger partial charge in [0, 0.05) is 0 Å². The van der Waals surface area contributed by atoms with Gasteiger partial charge >= 0.3 is 31.0 Å². The van der Waals surface area contributed by atoms with E-state index in [-0.39, 0.29) is 21.1 Å². The number of hydrogen-bond acceptors (Lipinski definition) is 3. The zero-order valence-corrected chi connectivity index (χ0v) is 14.4. The molecule has 14 heavy (non-hydrogen) atoms. The van der Waals surface area contributed by atoms with Crippen LogP contribution in [0.15, 0.2) is 0 Å². The van der Waals surface area contributed by atoms with Gasteiger partial charge < -0.3 is 30.4 Å². The van der Waals surface area contributed by atoms with Crippen molar-refractivity contribution >= 4 is 46.4 Å². The molecule has 0 aliphatic carbocycles. The Morgan fingerprint density at radius 1 is 1.21 bits per heavy atom. The van der Waals surface area contributed by atoms with E-state index in [2.05, 4.69) is 29.4 Å². The van der Waals surface area contributed by atoms with Gasteiger partial charge in [-0.2, -0.15) is 5.75 Å². The molecular formula is C10H24OS2Sn. The third-order valence-corrected chi connectivity index (χ3v) is 1.29. The first-order valence-corrected chi connectivity index (χ1v) is 11.8. The van der Waals surface area contributed by atoms with Crippen molar-refractivity contribution in [3.8, 4) is 0 Å². The van der Waals surface area contributed by atoms with Gasteiger partial charge in [-0.1, -0.05) is 45.0 Å². The first-order valence-electron chi connectivity index (χ1n) is 5.07. The number of unbranched alkanes of at least 4 members (excludes halogenated alkanes) is 3. The van der Waals surface area contributed by atoms with E-state index in [4.69, 9.17) is 17.7 Å². The van der Waals surface area contributed by atoms with E-state index < -0.39 is 5.44 Å². The summed E-state index contributed by atoms with van der Waals surface area (Å²) in [6.45, 7) is 3.75. The average molecular weight is 343 g/mol. The summed E-state index contributed by atoms with van der Waals surface area (Å²) in [6.07, 6.45) is 5.25. The van der Waals surface area contributed by atoms with Crippen molar-refractivity contribution in [2.75, 3.05) is 5.75 Å². The van der Waals surface area contributed by atoms with E-state index in [1.165, 1.54) is 32.6 Å². The van der Waals surface area contributed by atoms with Crippen molar-refractivity contribution in [1.82, 2.24) is 0 Å². The standard InChI is InChI=1S/C6H14S.C2H6OS.2CH3.Sn/c1-2-3-4-5-6-7;1-2(3)4;;;/h7H,2-6H2,1H3;2-4H,1H3;2*1H3;/q;;;;+2/p-2. The summed E-state index contributed by atoms with van der Waals surface area (Å²) in [5.74, 6) is 0.944. The Bertz CT molecular complexity index is 66.4. The van der Waals surface area contributed by atoms with Gasteiger partial charge in [-0.3, -0.25) is 0 Å². The summed E-state index contributed by atoms with van der Waals surface area (Å²) in [6, 6.07) is 0. The van der Waals surface area contributed by atoms with Crippen molar-refractivity contribution in [2.45, 2.75) is 54.8 Å². The molecule has 0 saturated heterocycles. The van der Waals surface area contributed by atoms with Crippen LogP contribution in [0.25, 0.3) is 0 Å². The van der Waals surface area contributed by atoms with Crippen LogP contribution >= 0.6 is 0 Å². The zero-order chi connectivity index (χ0) is 11.8. The fourth-order valence-corrected chi connectivity index (χ4v) is 0.733. The van der Waals surface area contributed by atoms with Crippen molar-refractivity contribution in [3.63, 3.8) is 0 Å². The minimum absolute atomic E-state index is 0.230. The van der Waals surface area contributed by atoms with Crippen LogP contribution in [-0.2, 0) is 25.3 Å². The van der Waals surface area contributed by atoms with Crippen LogP contribution in [0.5, 0.6) is 0 Å². The molecule has 1 atom stereocenters. The third kappa shape index (κ3) is 70.1. The fourth-order valence-electron chi connectivity index (χ4n) is 0.529. The Morgan fingerprint density at radius 2 is 1.57 bits per heavy atom. The SMILES string of the molecule is CC(O)[S-].CCCCCC[S-].[CH3][Sn+2][CH3]. The van der Waals surface area contributed by atoms with E-state index in [1.807, 2.05) is 0 Å². The predicted molar refractivity (Wildman–Crippen MR) is 72.9 cm³/mol. The molecule has 0 heterocycles. The summed E-state index contributed by atoms with van der Waals surface area (Å²) in [4.78, 5) is 4.59. The molecule has 0 bridgehead atoms. The molecule has 0 aromatic rings. The Balaban J connectivity index is -0.000000147. The van der Waals surface area contributed by atoms with Gasteiger partial charge in [0.15, 0.2) is 0 Å². The second-order valence-electron chi connectivity index (χ2n) is 2.86. The van der Waals surface area contributed by atoms with Gasteiger partial charge in [0.2, 0.25) is 0 Å². The molecule has 0 radical (unpaired) electrons. The van der Waals surface area contributed by atoms with Gasteiger partial charge in [-0.25, -0.2) is 0 Å². The van der Waals surface area contributed by atoms with Crippen LogP contribution in [0.2, 0.25) is 9.88 Å². The molecule has 0 amide bonds. The Kier molecular flexibility index (Phi) is 35.6. The Hall–Kier alpha value is 1.46. The number of hydrogen-bond donors (Lipinski definition) is 1. The zero-order valence-electron chi connectivity index (χ0n) is 9.88. The maximum absolute atomic E-state index is 7.87. The Morgan fingerprint density at radius 3 is 1.79 bits per heavy atom. The molecule has 0 fully saturated rings. The van der Waals surface area contributed by atoms with E-state index in [1.54, 1.807) is 0 Å². The summed E-state index contributed by atoms with van der Waals surface area (Å²) in [7, 11) is 0. The molecule has 1 nitrogen and oxygen atoms in total. The van der Waals surface area contributed by atoms with Crippen molar-refractivity contribution in [2.24, 2.45) is 0 Å². The van der Waals surface area contributed by atoms with Crippen LogP contribution in [0.1, 0.15) is 39.5 Å². The summed E-state index contributed by atoms with van der Waals surface area (Å²) in [5.41, 5.74) is -0.583. The first-order chi connectivity index (χ1) is 6.56. The predicted octanol–water partition coefficient (Wildman–Crippen LogP) is 2.77. The van der Waals surface area contributed by atoms with Crippen LogP contribution < -0.4 is 0 Å². The molecule has 0 aromatic carbocycles. The van der Waals surface area contributed by atoms with Crippen molar-refractivity contribution in [1.29, 1.82) is 0 Å². The summed E-state index contributed by atoms with van der Waals surface area (Å²) in [5, 5.41) is 7.87. The molecule has 1 N–H and O–H groups in total. The maximum atomic E-state index is 7.87. The molecule has 0 aliphatic heterocycles. The molecule has 86 valence electrons. The number of aliphatic hydroxyl groups excluding tert-OH is 1. The quantitative estimate of drug-likeness (QED) is 0.482. The van der Waals surface area contributed by atoms with Crippen LogP contribution in [-0.4, -0.2) is 37.4 Å². The topological polar surface area (TPSA) is 20.2 Å². The third-order valence-electron chi connectivity index (χ3n) is 0.998. The molecule has 4 heteroatoms. The van der Waals surface area contributed by atoms with Gasteiger partial charge in [0.1, 0.15) is 0 Å². The van der Waals surface area contributed by atoms with Crippen molar-refractivity contribution < 1.29 is 5.11 Å². The summed E-state index contributed by atoms with van der Waals surface area (Å²) >= 11 is 9.17. The fraction of sp³-hybridized carbons (Fsp3) is 1.00. The van der Waals surface area contributed by atoms with Gasteiger partial charge in [-0.05, 0) is 0 Å². The van der Waals surface area contributed by atoms with Crippen LogP contribution in [0.3, 0.4) is 0 Å². The van der Waals surface area contributed by atoms with Gasteiger partial charge in [-0.15, -0.1) is 0 Å². The van der Waals surface area contributed by atoms with Crippen LogP contribution in [0, 0.1) is 0 Å². The first kappa shape index (κ1) is 20.8. The molecule has 0 aromatic heterocycles. The van der Waals surface area contributed by atoms with E-state index in [0.717, 1.165) is 5.75 Å². The van der Waals surface area contributed by atoms with Gasteiger partial charge in [0.05, 0.1) is 0 Å². The number of rotatable bonds is 4. The molecule has 0 rings (SSSR count). The molecular weight excluding hydrogens is 319 g/mol. The van der Waals surface area contributed by atoms with Gasteiger partial charge in [0.25, 0.3) is 0 Å². The van der Waals surface area contributed by atoms with E-state index >= 15 is 0 Å². The summed E-state index contributed by atoms with van der Waals surface area (Å²) < 4.78 is 0. The average Bonchev–Trinajstić information content (AvgIpc) is 2.06. The molecule has 0 aliphatic rings. The monoisotopic (exact) mass is 344 g/mol. The Labute approximate surface area is 111 Å². The van der Waals surface area contributed by atoms with E-state index in [9.17, 15) is 0 Å². The molecule has 0 spiro atoms. The minimum atomic E-state index is -0.583. The number of aliphatic hydroxyl groups is 1. The van der Waals surface area contributed by atoms with E-state index in [0.29, 0.717) is 0 Å². The molecule has 1 unspecified atom stereocenters. The molecule has 0 saturated carbocycles. The van der Waals surface area contributed by atoms with Crippen molar-refractivity contribution in [3.05, 3.63) is 0 Å². The second-order valence-corrected chi connectivity index (χ2v) is 6.81. The van der Waals surface area contributed by atoms with Crippen LogP contribution in [0.4, 0.5) is 0 Å². The normalized spacial score (nSPS) is 9.93.